The monoisotopic (exact) mass is 337 g/mol. The van der Waals surface area contributed by atoms with Gasteiger partial charge in [-0.25, -0.2) is 0 Å². The second-order valence-corrected chi connectivity index (χ2v) is 7.13. The molecule has 0 bridgehead atoms. The molecule has 0 spiro atoms. The highest BCUT2D eigenvalue weighted by atomic mass is 16.2. The molecule has 1 atom stereocenters. The van der Waals surface area contributed by atoms with Crippen LogP contribution in [0.2, 0.25) is 0 Å². The quantitative estimate of drug-likeness (QED) is 0.841. The number of pyridine rings is 1. The van der Waals surface area contributed by atoms with Gasteiger partial charge in [-0.05, 0) is 44.0 Å². The van der Waals surface area contributed by atoms with Gasteiger partial charge in [-0.15, -0.1) is 0 Å². The highest BCUT2D eigenvalue weighted by Gasteiger charge is 2.29. The zero-order valence-corrected chi connectivity index (χ0v) is 15.4. The minimum absolute atomic E-state index is 0.155. The number of amides is 1. The van der Waals surface area contributed by atoms with Crippen LogP contribution in [0, 0.1) is 6.92 Å². The van der Waals surface area contributed by atoms with Crippen molar-refractivity contribution in [1.29, 1.82) is 0 Å². The third kappa shape index (κ3) is 4.45. The van der Waals surface area contributed by atoms with Gasteiger partial charge in [0.1, 0.15) is 0 Å². The van der Waals surface area contributed by atoms with E-state index in [1.54, 1.807) is 4.90 Å². The lowest BCUT2D eigenvalue weighted by Gasteiger charge is -2.25. The fourth-order valence-corrected chi connectivity index (χ4v) is 3.36. The molecule has 25 heavy (non-hydrogen) atoms. The Bertz CT molecular complexity index is 724. The molecule has 1 amide bonds. The molecule has 4 nitrogen and oxygen atoms in total. The number of aromatic nitrogens is 1. The third-order valence-corrected chi connectivity index (χ3v) is 4.88. The van der Waals surface area contributed by atoms with Crippen molar-refractivity contribution < 1.29 is 4.79 Å². The van der Waals surface area contributed by atoms with Gasteiger partial charge in [-0.3, -0.25) is 14.7 Å². The fraction of sp³-hybridized carbons (Fsp3) is 0.429. The van der Waals surface area contributed by atoms with E-state index in [0.717, 1.165) is 37.2 Å². The highest BCUT2D eigenvalue weighted by Crippen LogP contribution is 2.30. The molecule has 0 aliphatic carbocycles. The van der Waals surface area contributed by atoms with Crippen LogP contribution in [0.25, 0.3) is 0 Å². The molecular weight excluding hydrogens is 310 g/mol. The summed E-state index contributed by atoms with van der Waals surface area (Å²) >= 11 is 0. The van der Waals surface area contributed by atoms with E-state index in [1.165, 1.54) is 11.1 Å². The lowest BCUT2D eigenvalue weighted by Crippen LogP contribution is -2.36. The summed E-state index contributed by atoms with van der Waals surface area (Å²) in [5.41, 5.74) is 4.74. The second kappa shape index (κ2) is 7.79. The second-order valence-electron chi connectivity index (χ2n) is 7.13. The van der Waals surface area contributed by atoms with Gasteiger partial charge in [0.15, 0.2) is 0 Å². The molecule has 0 N–H and O–H groups in total. The van der Waals surface area contributed by atoms with Crippen LogP contribution in [-0.2, 0) is 11.2 Å². The molecule has 2 aromatic rings. The van der Waals surface area contributed by atoms with E-state index < -0.39 is 0 Å². The Labute approximate surface area is 150 Å². The molecule has 2 heterocycles. The maximum Gasteiger partial charge on any atom is 0.236 e. The first-order valence-electron chi connectivity index (χ1n) is 8.98. The number of hydrogen-bond donors (Lipinski definition) is 0. The van der Waals surface area contributed by atoms with E-state index in [9.17, 15) is 4.79 Å². The molecule has 1 fully saturated rings. The molecule has 0 unspecified atom stereocenters. The minimum atomic E-state index is 0.155. The van der Waals surface area contributed by atoms with Crippen LogP contribution in [0.1, 0.15) is 41.4 Å². The molecule has 0 radical (unpaired) electrons. The molecule has 1 aromatic carbocycles. The average Bonchev–Trinajstić information content (AvgIpc) is 3.05. The molecule has 3 rings (SSSR count). The van der Waals surface area contributed by atoms with Crippen molar-refractivity contribution in [2.45, 2.75) is 32.2 Å². The summed E-state index contributed by atoms with van der Waals surface area (Å²) in [6, 6.07) is 15.2. The van der Waals surface area contributed by atoms with Crippen molar-refractivity contribution in [2.75, 3.05) is 27.2 Å². The highest BCUT2D eigenvalue weighted by molar-refractivity contribution is 5.77. The van der Waals surface area contributed by atoms with Crippen molar-refractivity contribution in [3.05, 3.63) is 65.0 Å². The van der Waals surface area contributed by atoms with Crippen molar-refractivity contribution in [1.82, 2.24) is 14.8 Å². The van der Waals surface area contributed by atoms with E-state index in [4.69, 9.17) is 4.98 Å². The molecule has 4 heteroatoms. The Morgan fingerprint density at radius 2 is 1.96 bits per heavy atom. The minimum Gasteiger partial charge on any atom is -0.348 e. The van der Waals surface area contributed by atoms with Gasteiger partial charge in [0.25, 0.3) is 0 Å². The van der Waals surface area contributed by atoms with Gasteiger partial charge in [0.2, 0.25) is 5.91 Å². The maximum atomic E-state index is 12.1. The van der Waals surface area contributed by atoms with Crippen LogP contribution in [0.4, 0.5) is 0 Å². The van der Waals surface area contributed by atoms with Gasteiger partial charge < -0.3 is 4.90 Å². The smallest absolute Gasteiger partial charge is 0.236 e. The van der Waals surface area contributed by atoms with E-state index in [2.05, 4.69) is 54.3 Å². The SMILES string of the molecule is Cc1ccc(Cc2cccc([C@@H]3CCCN3CC(=O)N(C)C)n2)cc1. The molecule has 1 aliphatic rings. The van der Waals surface area contributed by atoms with Crippen molar-refractivity contribution in [3.63, 3.8) is 0 Å². The molecule has 1 aliphatic heterocycles. The van der Waals surface area contributed by atoms with Crippen LogP contribution >= 0.6 is 0 Å². The van der Waals surface area contributed by atoms with Crippen LogP contribution in [0.3, 0.4) is 0 Å². The first kappa shape index (κ1) is 17.6. The van der Waals surface area contributed by atoms with Gasteiger partial charge in [0, 0.05) is 26.2 Å². The summed E-state index contributed by atoms with van der Waals surface area (Å²) in [4.78, 5) is 20.9. The Balaban J connectivity index is 1.73. The number of nitrogens with zero attached hydrogens (tertiary/aromatic N) is 3. The number of carbonyl (C=O) groups is 1. The van der Waals surface area contributed by atoms with Gasteiger partial charge >= 0.3 is 0 Å². The lowest BCUT2D eigenvalue weighted by atomic mass is 10.1. The number of likely N-dealkylation sites (N-methyl/N-ethyl adjacent to an activating group) is 1. The maximum absolute atomic E-state index is 12.1. The van der Waals surface area contributed by atoms with E-state index in [0.29, 0.717) is 6.54 Å². The number of aryl methyl sites for hydroxylation is 1. The molecular formula is C21H27N3O. The largest absolute Gasteiger partial charge is 0.348 e. The van der Waals surface area contributed by atoms with Crippen molar-refractivity contribution in [3.8, 4) is 0 Å². The van der Waals surface area contributed by atoms with Gasteiger partial charge in [-0.1, -0.05) is 35.9 Å². The zero-order chi connectivity index (χ0) is 17.8. The van der Waals surface area contributed by atoms with E-state index >= 15 is 0 Å². The van der Waals surface area contributed by atoms with Crippen molar-refractivity contribution in [2.24, 2.45) is 0 Å². The normalized spacial score (nSPS) is 17.6. The number of carbonyl (C=O) groups excluding carboxylic acids is 1. The van der Waals surface area contributed by atoms with Crippen LogP contribution in [0.15, 0.2) is 42.5 Å². The summed E-state index contributed by atoms with van der Waals surface area (Å²) in [6.45, 7) is 3.54. The van der Waals surface area contributed by atoms with Gasteiger partial charge in [-0.2, -0.15) is 0 Å². The lowest BCUT2D eigenvalue weighted by molar-refractivity contribution is -0.130. The first-order chi connectivity index (χ1) is 12.0. The summed E-state index contributed by atoms with van der Waals surface area (Å²) in [6.07, 6.45) is 3.04. The standard InChI is InChI=1S/C21H27N3O/c1-16-9-11-17(12-10-16)14-18-6-4-7-19(22-18)20-8-5-13-24(20)15-21(25)23(2)3/h4,6-7,9-12,20H,5,8,13-15H2,1-3H3/t20-/m0/s1. The van der Waals surface area contributed by atoms with Crippen LogP contribution in [0.5, 0.6) is 0 Å². The fourth-order valence-electron chi connectivity index (χ4n) is 3.36. The van der Waals surface area contributed by atoms with Gasteiger partial charge in [0.05, 0.1) is 18.3 Å². The Kier molecular flexibility index (Phi) is 5.49. The number of likely N-dealkylation sites (tertiary alicyclic amines) is 1. The Morgan fingerprint density at radius 3 is 2.68 bits per heavy atom. The average molecular weight is 337 g/mol. The summed E-state index contributed by atoms with van der Waals surface area (Å²) in [5.74, 6) is 0.155. The zero-order valence-electron chi connectivity index (χ0n) is 15.4. The van der Waals surface area contributed by atoms with Crippen LogP contribution in [-0.4, -0.2) is 47.9 Å². The number of benzene rings is 1. The number of rotatable bonds is 5. The molecule has 1 aromatic heterocycles. The summed E-state index contributed by atoms with van der Waals surface area (Å²) in [5, 5.41) is 0. The Hall–Kier alpha value is -2.20. The third-order valence-electron chi connectivity index (χ3n) is 4.88. The first-order valence-corrected chi connectivity index (χ1v) is 8.98. The van der Waals surface area contributed by atoms with E-state index in [-0.39, 0.29) is 11.9 Å². The van der Waals surface area contributed by atoms with Crippen molar-refractivity contribution >= 4 is 5.91 Å². The summed E-state index contributed by atoms with van der Waals surface area (Å²) < 4.78 is 0. The topological polar surface area (TPSA) is 36.4 Å². The van der Waals surface area contributed by atoms with Crippen LogP contribution < -0.4 is 0 Å². The van der Waals surface area contributed by atoms with E-state index in [1.807, 2.05) is 14.1 Å². The molecule has 132 valence electrons. The predicted molar refractivity (Wildman–Crippen MR) is 100 cm³/mol. The predicted octanol–water partition coefficient (Wildman–Crippen LogP) is 3.21. The Morgan fingerprint density at radius 1 is 1.20 bits per heavy atom. The molecule has 0 saturated carbocycles. The molecule has 1 saturated heterocycles. The summed E-state index contributed by atoms with van der Waals surface area (Å²) in [7, 11) is 3.63. The number of hydrogen-bond acceptors (Lipinski definition) is 3.